The largest absolute Gasteiger partial charge is 0.367 e. The lowest BCUT2D eigenvalue weighted by Crippen LogP contribution is -2.33. The predicted octanol–water partition coefficient (Wildman–Crippen LogP) is 4.49. The van der Waals surface area contributed by atoms with Gasteiger partial charge >= 0.3 is 0 Å². The van der Waals surface area contributed by atoms with E-state index in [-0.39, 0.29) is 23.6 Å². The second-order valence-corrected chi connectivity index (χ2v) is 6.54. The Kier molecular flexibility index (Phi) is 5.19. The fourth-order valence-corrected chi connectivity index (χ4v) is 3.21. The van der Waals surface area contributed by atoms with Gasteiger partial charge in [-0.2, -0.15) is 0 Å². The van der Waals surface area contributed by atoms with Crippen LogP contribution in [-0.4, -0.2) is 22.7 Å². The number of amides is 2. The zero-order chi connectivity index (χ0) is 17.8. The van der Waals surface area contributed by atoms with Gasteiger partial charge in [0.05, 0.1) is 11.6 Å². The number of thioether (sulfide) groups is 1. The van der Waals surface area contributed by atoms with Gasteiger partial charge in [0.25, 0.3) is 11.1 Å². The smallest absolute Gasteiger partial charge is 0.295 e. The number of anilines is 1. The average Bonchev–Trinajstić information content (AvgIpc) is 2.89. The standard InChI is InChI=1S/C19H17FN2O2S/c1-2-13-5-9-16(10-6-13)21-12-22-18(23)17(25-19(22)24)11-14-3-7-15(20)8-4-14/h3-11,21H,2,12H2,1H3/b17-11-. The summed E-state index contributed by atoms with van der Waals surface area (Å²) in [7, 11) is 0. The van der Waals surface area contributed by atoms with Gasteiger partial charge < -0.3 is 5.32 Å². The van der Waals surface area contributed by atoms with E-state index in [0.717, 1.165) is 28.8 Å². The number of imide groups is 1. The van der Waals surface area contributed by atoms with E-state index in [1.54, 1.807) is 18.2 Å². The van der Waals surface area contributed by atoms with Gasteiger partial charge in [0.15, 0.2) is 0 Å². The van der Waals surface area contributed by atoms with Gasteiger partial charge in [-0.05, 0) is 59.7 Å². The maximum Gasteiger partial charge on any atom is 0.295 e. The Labute approximate surface area is 149 Å². The molecule has 25 heavy (non-hydrogen) atoms. The molecule has 1 N–H and O–H groups in total. The maximum absolute atomic E-state index is 12.9. The fraction of sp³-hybridized carbons (Fsp3) is 0.158. The van der Waals surface area contributed by atoms with Gasteiger partial charge in [-0.3, -0.25) is 14.5 Å². The lowest BCUT2D eigenvalue weighted by Gasteiger charge is -2.14. The summed E-state index contributed by atoms with van der Waals surface area (Å²) >= 11 is 0.887. The van der Waals surface area contributed by atoms with Crippen molar-refractivity contribution in [2.45, 2.75) is 13.3 Å². The summed E-state index contributed by atoms with van der Waals surface area (Å²) in [5.74, 6) is -0.694. The zero-order valence-corrected chi connectivity index (χ0v) is 14.5. The molecule has 2 amide bonds. The van der Waals surface area contributed by atoms with E-state index in [1.165, 1.54) is 17.7 Å². The number of nitrogens with one attached hydrogen (secondary N) is 1. The summed E-state index contributed by atoms with van der Waals surface area (Å²) in [5, 5.41) is 2.76. The number of halogens is 1. The number of benzene rings is 2. The molecule has 1 aliphatic rings. The van der Waals surface area contributed by atoms with Crippen LogP contribution in [0.15, 0.2) is 53.4 Å². The molecule has 0 radical (unpaired) electrons. The van der Waals surface area contributed by atoms with Crippen LogP contribution in [0, 0.1) is 5.82 Å². The Hall–Kier alpha value is -2.60. The number of hydrogen-bond donors (Lipinski definition) is 1. The van der Waals surface area contributed by atoms with Crippen LogP contribution < -0.4 is 5.32 Å². The molecular weight excluding hydrogens is 339 g/mol. The Bertz CT molecular complexity index is 816. The van der Waals surface area contributed by atoms with Crippen molar-refractivity contribution >= 4 is 34.7 Å². The van der Waals surface area contributed by atoms with E-state index < -0.39 is 0 Å². The average molecular weight is 356 g/mol. The van der Waals surface area contributed by atoms with Gasteiger partial charge in [0.2, 0.25) is 0 Å². The first-order chi connectivity index (χ1) is 12.1. The monoisotopic (exact) mass is 356 g/mol. The number of carbonyl (C=O) groups excluding carboxylic acids is 2. The van der Waals surface area contributed by atoms with Gasteiger partial charge in [-0.15, -0.1) is 0 Å². The normalized spacial score (nSPS) is 15.9. The van der Waals surface area contributed by atoms with E-state index >= 15 is 0 Å². The summed E-state index contributed by atoms with van der Waals surface area (Å²) in [6, 6.07) is 13.6. The maximum atomic E-state index is 12.9. The molecule has 0 aromatic heterocycles. The van der Waals surface area contributed by atoms with Crippen molar-refractivity contribution < 1.29 is 14.0 Å². The van der Waals surface area contributed by atoms with Crippen molar-refractivity contribution in [3.05, 3.63) is 70.4 Å². The summed E-state index contributed by atoms with van der Waals surface area (Å²) in [5.41, 5.74) is 2.74. The molecule has 4 nitrogen and oxygen atoms in total. The first-order valence-electron chi connectivity index (χ1n) is 7.90. The van der Waals surface area contributed by atoms with Crippen LogP contribution >= 0.6 is 11.8 Å². The molecule has 1 saturated heterocycles. The molecule has 2 aromatic rings. The molecular formula is C19H17FN2O2S. The molecule has 1 aliphatic heterocycles. The fourth-order valence-electron chi connectivity index (χ4n) is 2.38. The van der Waals surface area contributed by atoms with Crippen LogP contribution in [0.3, 0.4) is 0 Å². The van der Waals surface area contributed by atoms with E-state index in [2.05, 4.69) is 12.2 Å². The molecule has 0 aliphatic carbocycles. The first-order valence-corrected chi connectivity index (χ1v) is 8.72. The van der Waals surface area contributed by atoms with Crippen molar-refractivity contribution in [3.8, 4) is 0 Å². The summed E-state index contributed by atoms with van der Waals surface area (Å²) < 4.78 is 12.9. The van der Waals surface area contributed by atoms with Crippen molar-refractivity contribution in [2.24, 2.45) is 0 Å². The van der Waals surface area contributed by atoms with Crippen LogP contribution in [0.2, 0.25) is 0 Å². The SMILES string of the molecule is CCc1ccc(NCN2C(=O)S/C(=C\c3ccc(F)cc3)C2=O)cc1. The van der Waals surface area contributed by atoms with Crippen LogP contribution in [0.1, 0.15) is 18.1 Å². The highest BCUT2D eigenvalue weighted by Crippen LogP contribution is 2.32. The van der Waals surface area contributed by atoms with Crippen LogP contribution in [-0.2, 0) is 11.2 Å². The molecule has 0 unspecified atom stereocenters. The zero-order valence-electron chi connectivity index (χ0n) is 13.7. The van der Waals surface area contributed by atoms with Crippen molar-refractivity contribution in [1.29, 1.82) is 0 Å². The number of aryl methyl sites for hydroxylation is 1. The Balaban J connectivity index is 1.67. The number of hydrogen-bond acceptors (Lipinski definition) is 4. The minimum Gasteiger partial charge on any atom is -0.367 e. The van der Waals surface area contributed by atoms with Crippen molar-refractivity contribution in [2.75, 3.05) is 12.0 Å². The first kappa shape index (κ1) is 17.2. The van der Waals surface area contributed by atoms with Crippen molar-refractivity contribution in [3.63, 3.8) is 0 Å². The second kappa shape index (κ2) is 7.53. The third-order valence-corrected chi connectivity index (χ3v) is 4.75. The van der Waals surface area contributed by atoms with Gasteiger partial charge in [-0.25, -0.2) is 4.39 Å². The molecule has 0 atom stereocenters. The third kappa shape index (κ3) is 4.09. The highest BCUT2D eigenvalue weighted by molar-refractivity contribution is 8.18. The molecule has 0 bridgehead atoms. The van der Waals surface area contributed by atoms with E-state index in [1.807, 2.05) is 24.3 Å². The minimum absolute atomic E-state index is 0.108. The highest BCUT2D eigenvalue weighted by Gasteiger charge is 2.34. The molecule has 128 valence electrons. The predicted molar refractivity (Wildman–Crippen MR) is 98.5 cm³/mol. The van der Waals surface area contributed by atoms with Crippen molar-refractivity contribution in [1.82, 2.24) is 4.90 Å². The molecule has 2 aromatic carbocycles. The van der Waals surface area contributed by atoms with E-state index in [9.17, 15) is 14.0 Å². The minimum atomic E-state index is -0.350. The van der Waals surface area contributed by atoms with E-state index in [0.29, 0.717) is 10.5 Å². The molecule has 3 rings (SSSR count). The molecule has 0 saturated carbocycles. The molecule has 0 spiro atoms. The van der Waals surface area contributed by atoms with Crippen LogP contribution in [0.4, 0.5) is 14.9 Å². The number of rotatable bonds is 5. The summed E-state index contributed by atoms with van der Waals surface area (Å²) in [6.45, 7) is 2.19. The summed E-state index contributed by atoms with van der Waals surface area (Å²) in [4.78, 5) is 26.0. The van der Waals surface area contributed by atoms with E-state index in [4.69, 9.17) is 0 Å². The quantitative estimate of drug-likeness (QED) is 0.802. The Morgan fingerprint density at radius 3 is 2.40 bits per heavy atom. The molecule has 1 heterocycles. The Morgan fingerprint density at radius 2 is 1.76 bits per heavy atom. The lowest BCUT2D eigenvalue weighted by molar-refractivity contribution is -0.122. The van der Waals surface area contributed by atoms with Gasteiger partial charge in [0, 0.05) is 5.69 Å². The van der Waals surface area contributed by atoms with Gasteiger partial charge in [-0.1, -0.05) is 31.2 Å². The number of nitrogens with zero attached hydrogens (tertiary/aromatic N) is 1. The summed E-state index contributed by atoms with van der Waals surface area (Å²) in [6.07, 6.45) is 2.55. The van der Waals surface area contributed by atoms with Crippen LogP contribution in [0.25, 0.3) is 6.08 Å². The van der Waals surface area contributed by atoms with Gasteiger partial charge in [0.1, 0.15) is 5.82 Å². The second-order valence-electron chi connectivity index (χ2n) is 5.55. The Morgan fingerprint density at radius 1 is 1.08 bits per heavy atom. The highest BCUT2D eigenvalue weighted by atomic mass is 32.2. The molecule has 6 heteroatoms. The molecule has 1 fully saturated rings. The van der Waals surface area contributed by atoms with Crippen LogP contribution in [0.5, 0.6) is 0 Å². The topological polar surface area (TPSA) is 49.4 Å². The number of carbonyl (C=O) groups is 2. The third-order valence-electron chi connectivity index (χ3n) is 3.84. The lowest BCUT2D eigenvalue weighted by atomic mass is 10.1.